The molecule has 0 aromatic heterocycles. The molecule has 3 rings (SSSR count). The van der Waals surface area contributed by atoms with Crippen molar-refractivity contribution in [3.63, 3.8) is 0 Å². The molecular formula is C10H14. The lowest BCUT2D eigenvalue weighted by molar-refractivity contribution is 0.395. The molecule has 54 valence electrons. The van der Waals surface area contributed by atoms with Crippen LogP contribution in [-0.2, 0) is 0 Å². The highest BCUT2D eigenvalue weighted by atomic mass is 14.5. The van der Waals surface area contributed by atoms with Gasteiger partial charge >= 0.3 is 0 Å². The van der Waals surface area contributed by atoms with E-state index in [0.29, 0.717) is 0 Å². The zero-order valence-electron chi connectivity index (χ0n) is 6.40. The van der Waals surface area contributed by atoms with Gasteiger partial charge in [0.25, 0.3) is 0 Å². The molecule has 0 spiro atoms. The van der Waals surface area contributed by atoms with Gasteiger partial charge in [0.05, 0.1) is 0 Å². The number of hydrogen-bond acceptors (Lipinski definition) is 0. The highest BCUT2D eigenvalue weighted by Gasteiger charge is 2.49. The van der Waals surface area contributed by atoms with Gasteiger partial charge in [-0.2, -0.15) is 0 Å². The molecule has 10 heavy (non-hydrogen) atoms. The molecule has 0 nitrogen and oxygen atoms in total. The van der Waals surface area contributed by atoms with Crippen LogP contribution in [0.4, 0.5) is 0 Å². The number of hydrogen-bond donors (Lipinski definition) is 0. The lowest BCUT2D eigenvalue weighted by atomic mass is 9.82. The zero-order chi connectivity index (χ0) is 6.55. The summed E-state index contributed by atoms with van der Waals surface area (Å²) in [7, 11) is 0. The monoisotopic (exact) mass is 134 g/mol. The molecule has 0 amide bonds. The Labute approximate surface area is 63.0 Å². The Kier molecular flexibility index (Phi) is 1.00. The third-order valence-corrected chi connectivity index (χ3v) is 3.76. The van der Waals surface area contributed by atoms with Crippen molar-refractivity contribution in [2.45, 2.75) is 38.5 Å². The van der Waals surface area contributed by atoms with Gasteiger partial charge in [-0.25, -0.2) is 0 Å². The highest BCUT2D eigenvalue weighted by molar-refractivity contribution is 5.32. The summed E-state index contributed by atoms with van der Waals surface area (Å²) in [6.45, 7) is 0. The van der Waals surface area contributed by atoms with E-state index in [1.165, 1.54) is 38.5 Å². The predicted octanol–water partition coefficient (Wildman–Crippen LogP) is 2.75. The minimum absolute atomic E-state index is 1.09. The first kappa shape index (κ1) is 5.62. The van der Waals surface area contributed by atoms with Crippen LogP contribution in [0.15, 0.2) is 0 Å². The second-order valence-corrected chi connectivity index (χ2v) is 4.13. The zero-order valence-corrected chi connectivity index (χ0v) is 6.40. The molecule has 0 aromatic carbocycles. The van der Waals surface area contributed by atoms with E-state index in [1.54, 1.807) is 0 Å². The van der Waals surface area contributed by atoms with Gasteiger partial charge in [0, 0.05) is 0 Å². The van der Waals surface area contributed by atoms with Gasteiger partial charge in [-0.05, 0) is 55.8 Å². The topological polar surface area (TPSA) is 0 Å². The minimum Gasteiger partial charge on any atom is -0.0524 e. The van der Waals surface area contributed by atoms with E-state index in [4.69, 9.17) is 0 Å². The van der Waals surface area contributed by atoms with Crippen LogP contribution < -0.4 is 0 Å². The van der Waals surface area contributed by atoms with Crippen LogP contribution in [-0.4, -0.2) is 0 Å². The van der Waals surface area contributed by atoms with Crippen molar-refractivity contribution in [1.29, 1.82) is 0 Å². The molecule has 0 aromatic rings. The Balaban J connectivity index is 1.92. The van der Waals surface area contributed by atoms with Crippen LogP contribution in [0.5, 0.6) is 0 Å². The molecule has 3 aliphatic rings. The van der Waals surface area contributed by atoms with Crippen LogP contribution in [0.3, 0.4) is 0 Å². The maximum atomic E-state index is 1.91. The van der Waals surface area contributed by atoms with E-state index >= 15 is 0 Å². The first-order valence-electron chi connectivity index (χ1n) is 4.66. The summed E-state index contributed by atoms with van der Waals surface area (Å²) in [6, 6.07) is 0. The van der Waals surface area contributed by atoms with Gasteiger partial charge in [0.2, 0.25) is 0 Å². The Bertz CT molecular complexity index is 134. The second kappa shape index (κ2) is 1.78. The van der Waals surface area contributed by atoms with E-state index in [0.717, 1.165) is 11.8 Å². The fourth-order valence-electron chi connectivity index (χ4n) is 3.35. The van der Waals surface area contributed by atoms with Crippen molar-refractivity contribution in [2.24, 2.45) is 11.8 Å². The maximum absolute atomic E-state index is 1.91. The van der Waals surface area contributed by atoms with Crippen molar-refractivity contribution < 1.29 is 0 Å². The molecular weight excluding hydrogens is 120 g/mol. The molecule has 3 fully saturated rings. The highest BCUT2D eigenvalue weighted by Crippen LogP contribution is 2.60. The lowest BCUT2D eigenvalue weighted by Crippen LogP contribution is -2.13. The molecule has 2 bridgehead atoms. The Morgan fingerprint density at radius 1 is 1.10 bits per heavy atom. The van der Waals surface area contributed by atoms with Gasteiger partial charge in [-0.1, -0.05) is 6.42 Å². The van der Waals surface area contributed by atoms with Gasteiger partial charge in [0.15, 0.2) is 0 Å². The number of fused-ring (bicyclic) bond motifs is 5. The van der Waals surface area contributed by atoms with E-state index in [2.05, 4.69) is 0 Å². The summed E-state index contributed by atoms with van der Waals surface area (Å²) in [5.74, 6) is 6.00. The van der Waals surface area contributed by atoms with Gasteiger partial charge < -0.3 is 0 Å². The summed E-state index contributed by atoms with van der Waals surface area (Å²) >= 11 is 0. The summed E-state index contributed by atoms with van der Waals surface area (Å²) < 4.78 is 0. The third kappa shape index (κ3) is 0.538. The molecule has 2 unspecified atom stereocenters. The van der Waals surface area contributed by atoms with Crippen LogP contribution >= 0.6 is 0 Å². The third-order valence-electron chi connectivity index (χ3n) is 3.76. The van der Waals surface area contributed by atoms with Crippen molar-refractivity contribution in [3.8, 4) is 0 Å². The molecule has 0 heteroatoms. The second-order valence-electron chi connectivity index (χ2n) is 4.13. The minimum atomic E-state index is 1.09. The van der Waals surface area contributed by atoms with Crippen molar-refractivity contribution >= 4 is 0 Å². The van der Waals surface area contributed by atoms with E-state index in [1.807, 2.05) is 11.8 Å². The molecule has 0 N–H and O–H groups in total. The average Bonchev–Trinajstić information content (AvgIpc) is 2.60. The molecule has 0 saturated heterocycles. The van der Waals surface area contributed by atoms with Gasteiger partial charge in [-0.3, -0.25) is 0 Å². The molecule has 0 heterocycles. The fraction of sp³-hybridized carbons (Fsp3) is 0.800. The standard InChI is InChI=1S/C10H14/c1-2-9-7-4-5-8(6-7)10(9)3-1/h7,9H,1-6H2. The summed E-state index contributed by atoms with van der Waals surface area (Å²) in [5, 5.41) is 0. The first-order valence-corrected chi connectivity index (χ1v) is 4.66. The maximum Gasteiger partial charge on any atom is -0.0140 e. The summed E-state index contributed by atoms with van der Waals surface area (Å²) in [6.07, 6.45) is 9.00. The number of rotatable bonds is 0. The van der Waals surface area contributed by atoms with Crippen molar-refractivity contribution in [2.75, 3.05) is 0 Å². The predicted molar refractivity (Wildman–Crippen MR) is 41.2 cm³/mol. The van der Waals surface area contributed by atoms with E-state index in [9.17, 15) is 0 Å². The van der Waals surface area contributed by atoms with Crippen molar-refractivity contribution in [1.82, 2.24) is 0 Å². The Morgan fingerprint density at radius 2 is 2.10 bits per heavy atom. The Morgan fingerprint density at radius 3 is 3.00 bits per heavy atom. The van der Waals surface area contributed by atoms with Crippen LogP contribution in [0.1, 0.15) is 38.5 Å². The van der Waals surface area contributed by atoms with Gasteiger partial charge in [-0.15, -0.1) is 0 Å². The quantitative estimate of drug-likeness (QED) is 0.478. The van der Waals surface area contributed by atoms with Crippen LogP contribution in [0.25, 0.3) is 0 Å². The van der Waals surface area contributed by atoms with E-state index < -0.39 is 0 Å². The van der Waals surface area contributed by atoms with Crippen LogP contribution in [0.2, 0.25) is 0 Å². The van der Waals surface area contributed by atoms with Crippen LogP contribution in [0, 0.1) is 23.7 Å². The first-order chi connectivity index (χ1) is 4.95. The summed E-state index contributed by atoms with van der Waals surface area (Å²) in [5.41, 5.74) is 0. The largest absolute Gasteiger partial charge is 0.0524 e. The molecule has 2 atom stereocenters. The van der Waals surface area contributed by atoms with Gasteiger partial charge in [0.1, 0.15) is 0 Å². The Hall–Kier alpha value is 0. The summed E-state index contributed by atoms with van der Waals surface area (Å²) in [4.78, 5) is 0. The fourth-order valence-corrected chi connectivity index (χ4v) is 3.35. The SMILES string of the molecule is C1C[C]2[C]3CCC(C3)C2C1. The molecule has 0 aliphatic heterocycles. The van der Waals surface area contributed by atoms with E-state index in [-0.39, 0.29) is 0 Å². The molecule has 3 aliphatic carbocycles. The smallest absolute Gasteiger partial charge is 0.0140 e. The normalized spacial score (nSPS) is 46.8. The average molecular weight is 134 g/mol. The van der Waals surface area contributed by atoms with Crippen molar-refractivity contribution in [3.05, 3.63) is 11.8 Å². The molecule has 3 saturated carbocycles. The molecule has 2 radical (unpaired) electrons. The lowest BCUT2D eigenvalue weighted by Gasteiger charge is -2.22.